The molecule has 0 amide bonds. The average Bonchev–Trinajstić information content (AvgIpc) is 3.24. The molecule has 0 aliphatic carbocycles. The van der Waals surface area contributed by atoms with Crippen molar-refractivity contribution in [2.45, 2.75) is 6.61 Å². The molecule has 0 saturated carbocycles. The number of esters is 1. The van der Waals surface area contributed by atoms with Gasteiger partial charge in [-0.3, -0.25) is 0 Å². The van der Waals surface area contributed by atoms with E-state index in [1.807, 2.05) is 22.2 Å². The molecule has 0 spiro atoms. The largest absolute Gasteiger partial charge is 0.465 e. The maximum atomic E-state index is 11.6. The van der Waals surface area contributed by atoms with Crippen molar-refractivity contribution in [1.82, 2.24) is 4.98 Å². The zero-order chi connectivity index (χ0) is 14.5. The van der Waals surface area contributed by atoms with Crippen LogP contribution in [0.3, 0.4) is 0 Å². The Balaban J connectivity index is 1.54. The molecule has 0 bridgehead atoms. The SMILES string of the molecule is O=C(/C=C/c1ccco1)OCc1csc(-c2ccsc2)n1. The third-order valence-electron chi connectivity index (χ3n) is 2.61. The third kappa shape index (κ3) is 3.68. The number of thiophene rings is 1. The van der Waals surface area contributed by atoms with Gasteiger partial charge in [0.2, 0.25) is 0 Å². The molecule has 3 aromatic rings. The molecule has 0 saturated heterocycles. The Hall–Kier alpha value is -2.18. The minimum absolute atomic E-state index is 0.169. The Morgan fingerprint density at radius 1 is 1.38 bits per heavy atom. The highest BCUT2D eigenvalue weighted by molar-refractivity contribution is 7.14. The fourth-order valence-electron chi connectivity index (χ4n) is 1.62. The summed E-state index contributed by atoms with van der Waals surface area (Å²) in [4.78, 5) is 16.0. The maximum absolute atomic E-state index is 11.6. The van der Waals surface area contributed by atoms with Crippen LogP contribution in [0.5, 0.6) is 0 Å². The minimum Gasteiger partial charge on any atom is -0.465 e. The summed E-state index contributed by atoms with van der Waals surface area (Å²) in [6, 6.07) is 5.54. The zero-order valence-corrected chi connectivity index (χ0v) is 12.5. The van der Waals surface area contributed by atoms with Crippen LogP contribution < -0.4 is 0 Å². The summed E-state index contributed by atoms with van der Waals surface area (Å²) in [5, 5.41) is 6.89. The van der Waals surface area contributed by atoms with E-state index in [0.717, 1.165) is 16.3 Å². The van der Waals surface area contributed by atoms with Gasteiger partial charge in [-0.15, -0.1) is 11.3 Å². The molecule has 3 aromatic heterocycles. The molecule has 0 N–H and O–H groups in total. The lowest BCUT2D eigenvalue weighted by Crippen LogP contribution is -2.00. The van der Waals surface area contributed by atoms with Crippen molar-refractivity contribution in [1.29, 1.82) is 0 Å². The average molecular weight is 317 g/mol. The smallest absolute Gasteiger partial charge is 0.331 e. The van der Waals surface area contributed by atoms with Crippen LogP contribution in [-0.4, -0.2) is 11.0 Å². The number of hydrogen-bond acceptors (Lipinski definition) is 6. The third-order valence-corrected chi connectivity index (χ3v) is 4.23. The normalized spacial score (nSPS) is 11.0. The van der Waals surface area contributed by atoms with Crippen LogP contribution in [0.2, 0.25) is 0 Å². The molecule has 0 aliphatic heterocycles. The summed E-state index contributed by atoms with van der Waals surface area (Å²) < 4.78 is 10.2. The van der Waals surface area contributed by atoms with Crippen molar-refractivity contribution in [3.63, 3.8) is 0 Å². The molecule has 0 aliphatic rings. The standard InChI is InChI=1S/C15H11NO3S2/c17-14(4-3-13-2-1-6-18-13)19-8-12-10-21-15(16-12)11-5-7-20-9-11/h1-7,9-10H,8H2/b4-3+. The van der Waals surface area contributed by atoms with Gasteiger partial charge >= 0.3 is 5.97 Å². The van der Waals surface area contributed by atoms with Crippen LogP contribution in [-0.2, 0) is 16.1 Å². The van der Waals surface area contributed by atoms with E-state index in [4.69, 9.17) is 9.15 Å². The number of carbonyl (C=O) groups excluding carboxylic acids is 1. The first-order chi connectivity index (χ1) is 10.3. The fourth-order valence-corrected chi connectivity index (χ4v) is 3.14. The molecule has 3 heterocycles. The summed E-state index contributed by atoms with van der Waals surface area (Å²) in [7, 11) is 0. The molecule has 4 nitrogen and oxygen atoms in total. The van der Waals surface area contributed by atoms with Crippen LogP contribution in [0.15, 0.2) is 51.1 Å². The summed E-state index contributed by atoms with van der Waals surface area (Å²) in [6.45, 7) is 0.169. The van der Waals surface area contributed by atoms with E-state index in [1.54, 1.807) is 47.1 Å². The Bertz CT molecular complexity index is 727. The second-order valence-corrected chi connectivity index (χ2v) is 5.75. The first-order valence-corrected chi connectivity index (χ1v) is 7.99. The molecular weight excluding hydrogens is 306 g/mol. The van der Waals surface area contributed by atoms with E-state index >= 15 is 0 Å². The quantitative estimate of drug-likeness (QED) is 0.522. The van der Waals surface area contributed by atoms with E-state index < -0.39 is 5.97 Å². The van der Waals surface area contributed by atoms with Gasteiger partial charge in [-0.05, 0) is 29.7 Å². The van der Waals surface area contributed by atoms with Gasteiger partial charge in [0.25, 0.3) is 0 Å². The van der Waals surface area contributed by atoms with E-state index in [2.05, 4.69) is 4.98 Å². The molecule has 0 atom stereocenters. The lowest BCUT2D eigenvalue weighted by Gasteiger charge is -1.97. The molecule has 106 valence electrons. The van der Waals surface area contributed by atoms with Crippen LogP contribution in [0.25, 0.3) is 16.6 Å². The van der Waals surface area contributed by atoms with Crippen molar-refractivity contribution in [3.8, 4) is 10.6 Å². The van der Waals surface area contributed by atoms with Gasteiger partial charge in [0.1, 0.15) is 17.4 Å². The van der Waals surface area contributed by atoms with Crippen molar-refractivity contribution < 1.29 is 13.9 Å². The van der Waals surface area contributed by atoms with E-state index in [1.165, 1.54) is 6.08 Å². The monoisotopic (exact) mass is 317 g/mol. The lowest BCUT2D eigenvalue weighted by molar-refractivity contribution is -0.139. The highest BCUT2D eigenvalue weighted by atomic mass is 32.1. The molecule has 21 heavy (non-hydrogen) atoms. The number of nitrogens with zero attached hydrogens (tertiary/aromatic N) is 1. The second kappa shape index (κ2) is 6.51. The predicted octanol–water partition coefficient (Wildman–Crippen LogP) is 4.22. The molecule has 0 unspecified atom stereocenters. The van der Waals surface area contributed by atoms with Crippen molar-refractivity contribution in [3.05, 3.63) is 58.1 Å². The molecule has 0 fully saturated rings. The van der Waals surface area contributed by atoms with Crippen LogP contribution in [0, 0.1) is 0 Å². The number of furan rings is 1. The van der Waals surface area contributed by atoms with E-state index in [-0.39, 0.29) is 6.61 Å². The second-order valence-electron chi connectivity index (χ2n) is 4.11. The van der Waals surface area contributed by atoms with Crippen molar-refractivity contribution >= 4 is 34.7 Å². The van der Waals surface area contributed by atoms with Crippen LogP contribution in [0.4, 0.5) is 0 Å². The molecule has 6 heteroatoms. The molecular formula is C15H11NO3S2. The maximum Gasteiger partial charge on any atom is 0.331 e. The van der Waals surface area contributed by atoms with Crippen molar-refractivity contribution in [2.75, 3.05) is 0 Å². The predicted molar refractivity (Wildman–Crippen MR) is 83.0 cm³/mol. The summed E-state index contributed by atoms with van der Waals surface area (Å²) >= 11 is 3.17. The highest BCUT2D eigenvalue weighted by Crippen LogP contribution is 2.25. The fraction of sp³-hybridized carbons (Fsp3) is 0.0667. The van der Waals surface area contributed by atoms with Crippen molar-refractivity contribution in [2.24, 2.45) is 0 Å². The van der Waals surface area contributed by atoms with E-state index in [0.29, 0.717) is 5.76 Å². The number of ether oxygens (including phenoxy) is 1. The first kappa shape index (κ1) is 13.8. The van der Waals surface area contributed by atoms with Crippen LogP contribution >= 0.6 is 22.7 Å². The summed E-state index contributed by atoms with van der Waals surface area (Å²) in [6.07, 6.45) is 4.46. The first-order valence-electron chi connectivity index (χ1n) is 6.16. The lowest BCUT2D eigenvalue weighted by atomic mass is 10.3. The summed E-state index contributed by atoms with van der Waals surface area (Å²) in [5.41, 5.74) is 1.85. The van der Waals surface area contributed by atoms with Gasteiger partial charge in [-0.25, -0.2) is 9.78 Å². The summed E-state index contributed by atoms with van der Waals surface area (Å²) in [5.74, 6) is 0.192. The Kier molecular flexibility index (Phi) is 4.28. The van der Waals surface area contributed by atoms with Crippen LogP contribution in [0.1, 0.15) is 11.5 Å². The Morgan fingerprint density at radius 2 is 2.33 bits per heavy atom. The zero-order valence-electron chi connectivity index (χ0n) is 10.9. The van der Waals surface area contributed by atoms with Gasteiger partial charge in [0, 0.05) is 22.4 Å². The molecule has 0 radical (unpaired) electrons. The highest BCUT2D eigenvalue weighted by Gasteiger charge is 2.06. The molecule has 3 rings (SSSR count). The van der Waals surface area contributed by atoms with E-state index in [9.17, 15) is 4.79 Å². The Morgan fingerprint density at radius 3 is 3.10 bits per heavy atom. The van der Waals surface area contributed by atoms with Gasteiger partial charge in [0.05, 0.1) is 12.0 Å². The van der Waals surface area contributed by atoms with Gasteiger partial charge in [-0.1, -0.05) is 0 Å². The number of hydrogen-bond donors (Lipinski definition) is 0. The van der Waals surface area contributed by atoms with Gasteiger partial charge in [0.15, 0.2) is 0 Å². The number of rotatable bonds is 5. The Labute approximate surface area is 129 Å². The number of thiazole rings is 1. The topological polar surface area (TPSA) is 52.3 Å². The minimum atomic E-state index is -0.420. The van der Waals surface area contributed by atoms with Gasteiger partial charge in [-0.2, -0.15) is 11.3 Å². The number of aromatic nitrogens is 1. The number of carbonyl (C=O) groups is 1. The van der Waals surface area contributed by atoms with Gasteiger partial charge < -0.3 is 9.15 Å². The molecule has 0 aromatic carbocycles.